The van der Waals surface area contributed by atoms with Crippen LogP contribution >= 0.6 is 11.3 Å². The van der Waals surface area contributed by atoms with Crippen LogP contribution < -0.4 is 20.3 Å². The number of carbonyl (C=O) groups is 4. The van der Waals surface area contributed by atoms with Crippen LogP contribution in [0.3, 0.4) is 0 Å². The molecule has 14 nitrogen and oxygen atoms in total. The number of pyridine rings is 1. The van der Waals surface area contributed by atoms with Gasteiger partial charge in [-0.1, -0.05) is 53.8 Å². The zero-order valence-corrected chi connectivity index (χ0v) is 43.3. The highest BCUT2D eigenvalue weighted by molar-refractivity contribution is 7.22. The van der Waals surface area contributed by atoms with E-state index in [0.29, 0.717) is 60.5 Å². The van der Waals surface area contributed by atoms with Gasteiger partial charge in [0.05, 0.1) is 34.0 Å². The van der Waals surface area contributed by atoms with E-state index in [9.17, 15) is 19.2 Å². The first kappa shape index (κ1) is 49.6. The number of aromatic nitrogens is 4. The fourth-order valence-corrected chi connectivity index (χ4v) is 11.6. The summed E-state index contributed by atoms with van der Waals surface area (Å²) in [5.41, 5.74) is 8.59. The molecule has 2 fully saturated rings. The zero-order valence-electron chi connectivity index (χ0n) is 42.5. The Morgan fingerprint density at radius 2 is 1.70 bits per heavy atom. The van der Waals surface area contributed by atoms with Crippen molar-refractivity contribution >= 4 is 67.1 Å². The van der Waals surface area contributed by atoms with E-state index in [-0.39, 0.29) is 23.4 Å². The quantitative estimate of drug-likeness (QED) is 0.0572. The Balaban J connectivity index is 0.716. The van der Waals surface area contributed by atoms with Crippen molar-refractivity contribution in [2.75, 3.05) is 43.0 Å². The second-order valence-corrected chi connectivity index (χ2v) is 21.9. The molecule has 3 amide bonds. The molecule has 7 aromatic rings. The molecule has 10 rings (SSSR count). The third-order valence-electron chi connectivity index (χ3n) is 14.5. The molecule has 2 N–H and O–H groups in total. The molecule has 6 heterocycles. The fourth-order valence-electron chi connectivity index (χ4n) is 10.7. The van der Waals surface area contributed by atoms with Crippen LogP contribution in [0.4, 0.5) is 10.9 Å². The van der Waals surface area contributed by atoms with Gasteiger partial charge < -0.3 is 19.3 Å². The molecule has 2 saturated heterocycles. The third kappa shape index (κ3) is 11.3. The minimum atomic E-state index is -0.722. The van der Waals surface area contributed by atoms with Gasteiger partial charge in [0.2, 0.25) is 11.8 Å². The Hall–Kier alpha value is -6.97. The summed E-state index contributed by atoms with van der Waals surface area (Å²) in [7, 11) is 1.92. The number of rotatable bonds is 15. The van der Waals surface area contributed by atoms with Gasteiger partial charge in [-0.05, 0) is 181 Å². The summed E-state index contributed by atoms with van der Waals surface area (Å²) in [6.45, 7) is 12.7. The molecule has 378 valence electrons. The number of ether oxygens (including phenoxy) is 2. The Morgan fingerprint density at radius 3 is 2.49 bits per heavy atom. The van der Waals surface area contributed by atoms with E-state index in [2.05, 4.69) is 49.7 Å². The van der Waals surface area contributed by atoms with Crippen LogP contribution in [0.1, 0.15) is 120 Å². The number of hydrogen-bond acceptors (Lipinski definition) is 12. The van der Waals surface area contributed by atoms with Crippen molar-refractivity contribution in [1.29, 1.82) is 0 Å². The summed E-state index contributed by atoms with van der Waals surface area (Å²) in [6, 6.07) is 30.1. The molecule has 4 aromatic carbocycles. The van der Waals surface area contributed by atoms with Gasteiger partial charge in [0.1, 0.15) is 17.2 Å². The number of benzene rings is 4. The lowest BCUT2D eigenvalue weighted by molar-refractivity contribution is -0.134. The molecule has 0 aliphatic carbocycles. The van der Waals surface area contributed by atoms with Crippen LogP contribution in [0.5, 0.6) is 5.75 Å². The van der Waals surface area contributed by atoms with Gasteiger partial charge in [-0.15, -0.1) is 0 Å². The fraction of sp³-hybridized carbons (Fsp3) is 0.397. The molecule has 3 aromatic heterocycles. The Kier molecular flexibility index (Phi) is 14.4. The lowest BCUT2D eigenvalue weighted by atomic mass is 9.92. The molecular formula is C58H64N8O6S. The number of nitrogens with zero attached hydrogens (tertiary/aromatic N) is 6. The topological polar surface area (TPSA) is 161 Å². The summed E-state index contributed by atoms with van der Waals surface area (Å²) in [4.78, 5) is 66.3. The van der Waals surface area contributed by atoms with E-state index < -0.39 is 17.5 Å². The number of aryl methyl sites for hydroxylation is 3. The Morgan fingerprint density at radius 1 is 0.877 bits per heavy atom. The van der Waals surface area contributed by atoms with Crippen molar-refractivity contribution in [2.24, 2.45) is 13.0 Å². The van der Waals surface area contributed by atoms with Crippen LogP contribution in [-0.4, -0.2) is 86.7 Å². The van der Waals surface area contributed by atoms with Crippen molar-refractivity contribution in [3.8, 4) is 16.9 Å². The molecule has 1 atom stereocenters. The Bertz CT molecular complexity index is 3190. The monoisotopic (exact) mass is 1000 g/mol. The maximum absolute atomic E-state index is 14.0. The average molecular weight is 1000 g/mol. The van der Waals surface area contributed by atoms with Gasteiger partial charge in [0.25, 0.3) is 5.91 Å². The van der Waals surface area contributed by atoms with Crippen LogP contribution in [-0.2, 0) is 40.8 Å². The summed E-state index contributed by atoms with van der Waals surface area (Å²) >= 11 is 1.45. The lowest BCUT2D eigenvalue weighted by Gasteiger charge is -2.32. The van der Waals surface area contributed by atoms with Crippen molar-refractivity contribution in [1.82, 2.24) is 30.0 Å². The van der Waals surface area contributed by atoms with Gasteiger partial charge in [-0.2, -0.15) is 5.10 Å². The van der Waals surface area contributed by atoms with Crippen molar-refractivity contribution in [3.63, 3.8) is 0 Å². The van der Waals surface area contributed by atoms with Crippen LogP contribution in [0.2, 0.25) is 0 Å². The summed E-state index contributed by atoms with van der Waals surface area (Å²) < 4.78 is 15.1. The molecular weight excluding hydrogens is 937 g/mol. The predicted molar refractivity (Wildman–Crippen MR) is 286 cm³/mol. The van der Waals surface area contributed by atoms with Crippen LogP contribution in [0, 0.1) is 12.8 Å². The molecule has 0 bridgehead atoms. The predicted octanol–water partition coefficient (Wildman–Crippen LogP) is 10.3. The summed E-state index contributed by atoms with van der Waals surface area (Å²) in [6.07, 6.45) is 8.12. The Labute approximate surface area is 430 Å². The number of hydrogen-bond donors (Lipinski definition) is 2. The molecule has 1 unspecified atom stereocenters. The number of imide groups is 1. The lowest BCUT2D eigenvalue weighted by Crippen LogP contribution is -2.39. The zero-order chi connectivity index (χ0) is 50.8. The minimum Gasteiger partial charge on any atom is -0.494 e. The van der Waals surface area contributed by atoms with Gasteiger partial charge in [-0.3, -0.25) is 29.7 Å². The number of para-hydroxylation sites is 1. The van der Waals surface area contributed by atoms with Crippen molar-refractivity contribution in [2.45, 2.75) is 104 Å². The average Bonchev–Trinajstić information content (AvgIpc) is 3.94. The van der Waals surface area contributed by atoms with Gasteiger partial charge in [0, 0.05) is 43.1 Å². The summed E-state index contributed by atoms with van der Waals surface area (Å²) in [5, 5.41) is 11.7. The van der Waals surface area contributed by atoms with Crippen molar-refractivity contribution < 1.29 is 28.7 Å². The van der Waals surface area contributed by atoms with Crippen LogP contribution in [0.25, 0.3) is 32.2 Å². The van der Waals surface area contributed by atoms with Crippen molar-refractivity contribution in [3.05, 3.63) is 130 Å². The van der Waals surface area contributed by atoms with Gasteiger partial charge >= 0.3 is 5.97 Å². The number of anilines is 2. The highest BCUT2D eigenvalue weighted by Gasteiger charge is 2.32. The van der Waals surface area contributed by atoms with E-state index in [1.54, 1.807) is 0 Å². The molecule has 73 heavy (non-hydrogen) atoms. The number of esters is 1. The molecule has 0 radical (unpaired) electrons. The largest absolute Gasteiger partial charge is 0.494 e. The first-order valence-corrected chi connectivity index (χ1v) is 26.6. The normalized spacial score (nSPS) is 16.7. The number of fused-ring (bicyclic) bond motifs is 3. The first-order valence-electron chi connectivity index (χ1n) is 25.8. The SMILES string of the molecule is Cc1cc(OCCCC2CCN(CCCc3ccc4c(C5CCC(=O)NC5=O)nn(C)c4c3)CC2)ccc1-c1ccc(N2CCc3cccc(C(=O)Nc4nc5ccccc5s4)c3C2)nc1C(=O)OC(C)(C)C. The number of nitrogens with one attached hydrogen (secondary N) is 2. The van der Waals surface area contributed by atoms with E-state index in [0.717, 1.165) is 107 Å². The second kappa shape index (κ2) is 21.2. The van der Waals surface area contributed by atoms with Gasteiger partial charge in [-0.25, -0.2) is 14.8 Å². The molecule has 0 saturated carbocycles. The first-order chi connectivity index (χ1) is 35.2. The van der Waals surface area contributed by atoms with E-state index in [1.165, 1.54) is 29.7 Å². The minimum absolute atomic E-state index is 0.206. The number of carbonyl (C=O) groups excluding carboxylic acids is 4. The smallest absolute Gasteiger partial charge is 0.358 e. The number of thiazole rings is 1. The maximum atomic E-state index is 14.0. The van der Waals surface area contributed by atoms with Crippen LogP contribution in [0.15, 0.2) is 91.0 Å². The molecule has 0 spiro atoms. The summed E-state index contributed by atoms with van der Waals surface area (Å²) in [5.74, 6) is 0.562. The third-order valence-corrected chi connectivity index (χ3v) is 15.5. The number of amides is 3. The number of likely N-dealkylation sites (tertiary alicyclic amines) is 1. The molecule has 3 aliphatic heterocycles. The molecule has 15 heteroatoms. The van der Waals surface area contributed by atoms with Gasteiger partial charge in [0.15, 0.2) is 10.8 Å². The standard InChI is InChI=1S/C58H64N8O6S/c1-36-33-40(71-32-10-12-37-25-29-65(30-26-37)28-9-11-38-17-19-44-48(34-38)64(5)63-52(44)45-22-24-51(67)61-55(45)69)18-20-41(36)42-21-23-50(60-53(42)56(70)72-58(2,3)4)66-31-27-39-13-8-14-43(46(39)35-66)54(68)62-57-59-47-15-6-7-16-49(47)73-57/h6-8,13-21,23,33-34,37,45H,9-12,22,24-32,35H2,1-5H3,(H,59,62,68)(H,61,67,69). The second-order valence-electron chi connectivity index (χ2n) is 20.8. The maximum Gasteiger partial charge on any atom is 0.358 e. The van der Waals surface area contributed by atoms with E-state index >= 15 is 0 Å². The molecule has 3 aliphatic rings. The van der Waals surface area contributed by atoms with E-state index in [4.69, 9.17) is 19.6 Å². The highest BCUT2D eigenvalue weighted by Crippen LogP contribution is 2.35. The number of piperidine rings is 2. The van der Waals surface area contributed by atoms with E-state index in [1.807, 2.05) is 106 Å². The highest BCUT2D eigenvalue weighted by atomic mass is 32.1.